The lowest BCUT2D eigenvalue weighted by Crippen LogP contribution is -1.88. The van der Waals surface area contributed by atoms with Gasteiger partial charge >= 0.3 is 0 Å². The van der Waals surface area contributed by atoms with E-state index in [1.54, 1.807) is 0 Å². The van der Waals surface area contributed by atoms with Gasteiger partial charge in [0.25, 0.3) is 0 Å². The van der Waals surface area contributed by atoms with Gasteiger partial charge in [0.15, 0.2) is 0 Å². The van der Waals surface area contributed by atoms with E-state index in [0.29, 0.717) is 0 Å². The number of rotatable bonds is 1. The van der Waals surface area contributed by atoms with Gasteiger partial charge in [-0.25, -0.2) is 0 Å². The Labute approximate surface area is 191 Å². The Morgan fingerprint density at radius 2 is 0.800 bits per heavy atom. The largest absolute Gasteiger partial charge is 0.0616 e. The van der Waals surface area contributed by atoms with Crippen molar-refractivity contribution in [1.82, 2.24) is 0 Å². The number of benzene rings is 6. The molecule has 30 heavy (non-hydrogen) atoms. The molecule has 0 heterocycles. The van der Waals surface area contributed by atoms with Crippen LogP contribution in [0.5, 0.6) is 0 Å². The van der Waals surface area contributed by atoms with Gasteiger partial charge in [0, 0.05) is 19.7 Å². The second-order valence-electron chi connectivity index (χ2n) is 7.63. The molecule has 0 spiro atoms. The highest BCUT2D eigenvalue weighted by Gasteiger charge is 2.15. The van der Waals surface area contributed by atoms with Gasteiger partial charge in [-0.3, -0.25) is 0 Å². The van der Waals surface area contributed by atoms with Crippen LogP contribution in [0.4, 0.5) is 0 Å². The molecule has 0 aromatic heterocycles. The number of fused-ring (bicyclic) bond motifs is 4. The molecule has 0 saturated heterocycles. The SMILES string of the molecule is Brc1c2ccccc2cc2cccc(-c3cccc4cc5ccccc5c(Br)c34)c12. The minimum atomic E-state index is 1.15. The zero-order chi connectivity index (χ0) is 20.2. The molecule has 0 nitrogen and oxygen atoms in total. The lowest BCUT2D eigenvalue weighted by atomic mass is 9.91. The van der Waals surface area contributed by atoms with Crippen LogP contribution in [-0.2, 0) is 0 Å². The lowest BCUT2D eigenvalue weighted by Gasteiger charge is -2.15. The Morgan fingerprint density at radius 3 is 1.27 bits per heavy atom. The van der Waals surface area contributed by atoms with Crippen molar-refractivity contribution in [3.8, 4) is 11.1 Å². The van der Waals surface area contributed by atoms with Gasteiger partial charge in [-0.1, -0.05) is 84.9 Å². The van der Waals surface area contributed by atoms with E-state index in [1.165, 1.54) is 54.2 Å². The van der Waals surface area contributed by atoms with Gasteiger partial charge in [-0.05, 0) is 87.4 Å². The van der Waals surface area contributed by atoms with E-state index in [0.717, 1.165) is 8.95 Å². The lowest BCUT2D eigenvalue weighted by molar-refractivity contribution is 1.68. The molecule has 0 saturated carbocycles. The predicted molar refractivity (Wildman–Crippen MR) is 137 cm³/mol. The molecule has 0 atom stereocenters. The molecular weight excluding hydrogens is 496 g/mol. The minimum Gasteiger partial charge on any atom is -0.0616 e. The summed E-state index contributed by atoms with van der Waals surface area (Å²) in [4.78, 5) is 0. The highest BCUT2D eigenvalue weighted by atomic mass is 79.9. The van der Waals surface area contributed by atoms with Crippen LogP contribution in [0.3, 0.4) is 0 Å². The zero-order valence-corrected chi connectivity index (χ0v) is 19.2. The first kappa shape index (κ1) is 18.1. The van der Waals surface area contributed by atoms with Crippen LogP contribution in [0.1, 0.15) is 0 Å². The van der Waals surface area contributed by atoms with Crippen LogP contribution >= 0.6 is 31.9 Å². The van der Waals surface area contributed by atoms with E-state index in [2.05, 4.69) is 129 Å². The average Bonchev–Trinajstić information content (AvgIpc) is 2.78. The molecule has 0 aliphatic rings. The molecule has 0 aliphatic carbocycles. The van der Waals surface area contributed by atoms with Crippen molar-refractivity contribution in [3.63, 3.8) is 0 Å². The maximum Gasteiger partial charge on any atom is 0.0338 e. The fraction of sp³-hybridized carbons (Fsp3) is 0. The van der Waals surface area contributed by atoms with Crippen LogP contribution in [-0.4, -0.2) is 0 Å². The summed E-state index contributed by atoms with van der Waals surface area (Å²) in [6.07, 6.45) is 0. The second-order valence-corrected chi connectivity index (χ2v) is 9.22. The monoisotopic (exact) mass is 510 g/mol. The van der Waals surface area contributed by atoms with Crippen LogP contribution in [0.2, 0.25) is 0 Å². The molecular formula is C28H16Br2. The summed E-state index contributed by atoms with van der Waals surface area (Å²) in [6.45, 7) is 0. The first-order chi connectivity index (χ1) is 14.7. The van der Waals surface area contributed by atoms with E-state index in [4.69, 9.17) is 0 Å². The Balaban J connectivity index is 1.78. The Kier molecular flexibility index (Phi) is 4.19. The summed E-state index contributed by atoms with van der Waals surface area (Å²) in [6, 6.07) is 34.9. The van der Waals surface area contributed by atoms with Gasteiger partial charge in [0.1, 0.15) is 0 Å². The first-order valence-corrected chi connectivity index (χ1v) is 11.5. The van der Waals surface area contributed by atoms with E-state index in [-0.39, 0.29) is 0 Å². The predicted octanol–water partition coefficient (Wildman–Crippen LogP) is 9.49. The smallest absolute Gasteiger partial charge is 0.0338 e. The van der Waals surface area contributed by atoms with Crippen LogP contribution in [0, 0.1) is 0 Å². The highest BCUT2D eigenvalue weighted by molar-refractivity contribution is 9.11. The quantitative estimate of drug-likeness (QED) is 0.193. The number of hydrogen-bond donors (Lipinski definition) is 0. The highest BCUT2D eigenvalue weighted by Crippen LogP contribution is 2.43. The first-order valence-electron chi connectivity index (χ1n) is 9.93. The van der Waals surface area contributed by atoms with Gasteiger partial charge in [-0.15, -0.1) is 0 Å². The standard InChI is InChI=1S/C28H16Br2/c29-27-21-11-3-1-7-17(21)15-19-9-5-13-23(25(19)27)24-14-6-10-20-16-18-8-2-4-12-22(18)28(30)26(20)24/h1-16H. The number of hydrogen-bond acceptors (Lipinski definition) is 0. The zero-order valence-electron chi connectivity index (χ0n) is 16.0. The molecule has 6 aromatic rings. The van der Waals surface area contributed by atoms with Crippen molar-refractivity contribution in [2.24, 2.45) is 0 Å². The van der Waals surface area contributed by atoms with Crippen molar-refractivity contribution in [1.29, 1.82) is 0 Å². The van der Waals surface area contributed by atoms with Crippen LogP contribution in [0.15, 0.2) is 106 Å². The summed E-state index contributed by atoms with van der Waals surface area (Å²) < 4.78 is 2.31. The summed E-state index contributed by atoms with van der Waals surface area (Å²) in [5.41, 5.74) is 2.48. The van der Waals surface area contributed by atoms with E-state index >= 15 is 0 Å². The maximum atomic E-state index is 3.94. The Bertz CT molecular complexity index is 1490. The average molecular weight is 512 g/mol. The maximum absolute atomic E-state index is 3.94. The normalized spacial score (nSPS) is 11.7. The van der Waals surface area contributed by atoms with Crippen molar-refractivity contribution >= 4 is 74.9 Å². The fourth-order valence-electron chi connectivity index (χ4n) is 4.57. The molecule has 0 bridgehead atoms. The van der Waals surface area contributed by atoms with Crippen molar-refractivity contribution in [2.75, 3.05) is 0 Å². The third-order valence-electron chi connectivity index (χ3n) is 5.94. The number of halogens is 2. The summed E-state index contributed by atoms with van der Waals surface area (Å²) >= 11 is 7.88. The van der Waals surface area contributed by atoms with Gasteiger partial charge in [0.05, 0.1) is 0 Å². The van der Waals surface area contributed by atoms with Gasteiger partial charge in [0.2, 0.25) is 0 Å². The second kappa shape index (κ2) is 6.94. The Hall–Kier alpha value is -2.68. The molecule has 2 heteroatoms. The van der Waals surface area contributed by atoms with E-state index < -0.39 is 0 Å². The van der Waals surface area contributed by atoms with Crippen LogP contribution < -0.4 is 0 Å². The third-order valence-corrected chi connectivity index (χ3v) is 7.59. The molecule has 0 unspecified atom stereocenters. The molecule has 0 fully saturated rings. The summed E-state index contributed by atoms with van der Waals surface area (Å²) in [5, 5.41) is 9.97. The third kappa shape index (κ3) is 2.64. The van der Waals surface area contributed by atoms with Crippen molar-refractivity contribution < 1.29 is 0 Å². The van der Waals surface area contributed by atoms with E-state index in [1.807, 2.05) is 0 Å². The molecule has 0 N–H and O–H groups in total. The van der Waals surface area contributed by atoms with Gasteiger partial charge in [-0.2, -0.15) is 0 Å². The molecule has 0 amide bonds. The summed E-state index contributed by atoms with van der Waals surface area (Å²) in [5.74, 6) is 0. The van der Waals surface area contributed by atoms with Crippen LogP contribution in [0.25, 0.3) is 54.2 Å². The molecule has 6 rings (SSSR count). The summed E-state index contributed by atoms with van der Waals surface area (Å²) in [7, 11) is 0. The van der Waals surface area contributed by atoms with Gasteiger partial charge < -0.3 is 0 Å². The molecule has 142 valence electrons. The van der Waals surface area contributed by atoms with Crippen molar-refractivity contribution in [2.45, 2.75) is 0 Å². The molecule has 6 aromatic carbocycles. The Morgan fingerprint density at radius 1 is 0.400 bits per heavy atom. The molecule has 0 aliphatic heterocycles. The fourth-order valence-corrected chi connectivity index (χ4v) is 6.18. The van der Waals surface area contributed by atoms with Crippen molar-refractivity contribution in [3.05, 3.63) is 106 Å². The molecule has 0 radical (unpaired) electrons. The topological polar surface area (TPSA) is 0 Å². The van der Waals surface area contributed by atoms with E-state index in [9.17, 15) is 0 Å². The minimum absolute atomic E-state index is 1.15.